The minimum absolute atomic E-state index is 0.0985. The van der Waals surface area contributed by atoms with E-state index in [1.54, 1.807) is 6.26 Å². The third-order valence-corrected chi connectivity index (χ3v) is 2.92. The van der Waals surface area contributed by atoms with E-state index in [1.807, 2.05) is 6.08 Å². The van der Waals surface area contributed by atoms with Crippen LogP contribution in [-0.2, 0) is 9.53 Å². The lowest BCUT2D eigenvalue weighted by Gasteiger charge is -2.00. The molecule has 110 valence electrons. The summed E-state index contributed by atoms with van der Waals surface area (Å²) in [5.74, 6) is -0.0985. The summed E-state index contributed by atoms with van der Waals surface area (Å²) in [4.78, 5) is 11.4. The van der Waals surface area contributed by atoms with Crippen molar-refractivity contribution in [3.63, 3.8) is 0 Å². The molecule has 0 aliphatic heterocycles. The zero-order valence-electron chi connectivity index (χ0n) is 12.7. The summed E-state index contributed by atoms with van der Waals surface area (Å²) in [5, 5.41) is 0. The van der Waals surface area contributed by atoms with Crippen LogP contribution in [0.15, 0.2) is 24.5 Å². The molecular formula is C17H30O2. The number of esters is 1. The molecule has 0 N–H and O–H groups in total. The smallest absolute Gasteiger partial charge is 0.310 e. The van der Waals surface area contributed by atoms with Crippen molar-refractivity contribution in [3.8, 4) is 0 Å². The molecule has 0 aromatic heterocycles. The highest BCUT2D eigenvalue weighted by molar-refractivity contribution is 5.69. The molecule has 0 unspecified atom stereocenters. The molecule has 0 bridgehead atoms. The van der Waals surface area contributed by atoms with Crippen molar-refractivity contribution >= 4 is 5.97 Å². The number of allylic oxidation sites excluding steroid dienone is 3. The van der Waals surface area contributed by atoms with E-state index in [2.05, 4.69) is 26.0 Å². The van der Waals surface area contributed by atoms with Gasteiger partial charge in [0.2, 0.25) is 0 Å². The molecule has 0 rings (SSSR count). The summed E-state index contributed by atoms with van der Waals surface area (Å²) < 4.78 is 5.02. The van der Waals surface area contributed by atoms with E-state index in [9.17, 15) is 4.79 Å². The van der Waals surface area contributed by atoms with Crippen LogP contribution < -0.4 is 0 Å². The Bertz CT molecular complexity index is 254. The van der Waals surface area contributed by atoms with Crippen LogP contribution in [-0.4, -0.2) is 5.97 Å². The van der Waals surface area contributed by atoms with Gasteiger partial charge in [-0.1, -0.05) is 45.3 Å². The molecule has 0 aromatic carbocycles. The first-order chi connectivity index (χ1) is 9.31. The fraction of sp³-hybridized carbons (Fsp3) is 0.706. The van der Waals surface area contributed by atoms with Crippen LogP contribution in [0, 0.1) is 0 Å². The lowest BCUT2D eigenvalue weighted by Crippen LogP contribution is -1.98. The summed E-state index contributed by atoms with van der Waals surface area (Å²) in [6, 6.07) is 0. The molecule has 19 heavy (non-hydrogen) atoms. The van der Waals surface area contributed by atoms with E-state index in [1.165, 1.54) is 25.7 Å². The van der Waals surface area contributed by atoms with Crippen LogP contribution >= 0.6 is 0 Å². The number of unbranched alkanes of at least 4 members (excludes halogenated alkanes) is 6. The summed E-state index contributed by atoms with van der Waals surface area (Å²) in [7, 11) is 0. The van der Waals surface area contributed by atoms with Crippen molar-refractivity contribution in [2.75, 3.05) is 0 Å². The molecule has 0 fully saturated rings. The summed E-state index contributed by atoms with van der Waals surface area (Å²) in [5.41, 5.74) is 0. The monoisotopic (exact) mass is 266 g/mol. The first-order valence-electron chi connectivity index (χ1n) is 7.80. The molecule has 0 atom stereocenters. The van der Waals surface area contributed by atoms with Gasteiger partial charge in [-0.15, -0.1) is 0 Å². The minimum atomic E-state index is -0.0985. The molecule has 2 heteroatoms. The van der Waals surface area contributed by atoms with Crippen molar-refractivity contribution in [2.45, 2.75) is 78.1 Å². The van der Waals surface area contributed by atoms with Crippen molar-refractivity contribution in [1.82, 2.24) is 0 Å². The van der Waals surface area contributed by atoms with Gasteiger partial charge in [0, 0.05) is 6.42 Å². The molecular weight excluding hydrogens is 236 g/mol. The molecule has 0 radical (unpaired) electrons. The van der Waals surface area contributed by atoms with Gasteiger partial charge in [0.15, 0.2) is 0 Å². The average Bonchev–Trinajstić information content (AvgIpc) is 2.41. The minimum Gasteiger partial charge on any atom is -0.435 e. The second-order valence-electron chi connectivity index (χ2n) is 4.84. The first kappa shape index (κ1) is 17.9. The molecule has 0 aliphatic carbocycles. The molecule has 0 aliphatic rings. The highest BCUT2D eigenvalue weighted by Gasteiger charge is 1.99. The van der Waals surface area contributed by atoms with E-state index in [0.29, 0.717) is 6.42 Å². The van der Waals surface area contributed by atoms with Gasteiger partial charge in [-0.2, -0.15) is 0 Å². The molecule has 0 heterocycles. The Kier molecular flexibility index (Phi) is 14.2. The molecule has 0 saturated carbocycles. The topological polar surface area (TPSA) is 26.3 Å². The Hall–Kier alpha value is -1.05. The summed E-state index contributed by atoms with van der Waals surface area (Å²) in [6.07, 6.45) is 18.6. The molecule has 0 spiro atoms. The average molecular weight is 266 g/mol. The summed E-state index contributed by atoms with van der Waals surface area (Å²) in [6.45, 7) is 4.30. The molecule has 0 aromatic rings. The van der Waals surface area contributed by atoms with Crippen molar-refractivity contribution in [1.29, 1.82) is 0 Å². The van der Waals surface area contributed by atoms with Gasteiger partial charge in [-0.3, -0.25) is 4.79 Å². The fourth-order valence-corrected chi connectivity index (χ4v) is 1.74. The van der Waals surface area contributed by atoms with Gasteiger partial charge in [0.25, 0.3) is 0 Å². The molecule has 0 saturated heterocycles. The van der Waals surface area contributed by atoms with Gasteiger partial charge in [0.1, 0.15) is 0 Å². The normalized spacial score (nSPS) is 11.5. The highest BCUT2D eigenvalue weighted by Crippen LogP contribution is 2.07. The number of carbonyl (C=O) groups excluding carboxylic acids is 1. The van der Waals surface area contributed by atoms with Crippen LogP contribution in [0.4, 0.5) is 0 Å². The standard InChI is InChI=1S/C17H30O2/c1-3-5-7-9-10-11-12-13-15-17(18)19-16-14-8-6-4-2/h5,7,14,16H,3-4,6,8-13,15H2,1-2H3/b7-5+,16-14+. The van der Waals surface area contributed by atoms with E-state index >= 15 is 0 Å². The Labute approximate surface area is 118 Å². The number of hydrogen-bond acceptors (Lipinski definition) is 2. The van der Waals surface area contributed by atoms with E-state index in [4.69, 9.17) is 4.74 Å². The van der Waals surface area contributed by atoms with Gasteiger partial charge < -0.3 is 4.74 Å². The second kappa shape index (κ2) is 15.0. The zero-order chi connectivity index (χ0) is 14.2. The lowest BCUT2D eigenvalue weighted by atomic mass is 10.1. The van der Waals surface area contributed by atoms with Crippen molar-refractivity contribution in [2.24, 2.45) is 0 Å². The van der Waals surface area contributed by atoms with E-state index in [0.717, 1.165) is 32.1 Å². The van der Waals surface area contributed by atoms with Gasteiger partial charge in [-0.05, 0) is 44.6 Å². The maximum atomic E-state index is 11.4. The quantitative estimate of drug-likeness (QED) is 0.201. The summed E-state index contributed by atoms with van der Waals surface area (Å²) >= 11 is 0. The van der Waals surface area contributed by atoms with Crippen LogP contribution in [0.25, 0.3) is 0 Å². The Morgan fingerprint density at radius 2 is 1.63 bits per heavy atom. The second-order valence-corrected chi connectivity index (χ2v) is 4.84. The van der Waals surface area contributed by atoms with Crippen molar-refractivity contribution < 1.29 is 9.53 Å². The first-order valence-corrected chi connectivity index (χ1v) is 7.80. The predicted molar refractivity (Wildman–Crippen MR) is 81.9 cm³/mol. The number of carbonyl (C=O) groups is 1. The predicted octanol–water partition coefficient (Wildman–Crippen LogP) is 5.54. The van der Waals surface area contributed by atoms with Crippen LogP contribution in [0.3, 0.4) is 0 Å². The highest BCUT2D eigenvalue weighted by atomic mass is 16.5. The zero-order valence-corrected chi connectivity index (χ0v) is 12.7. The largest absolute Gasteiger partial charge is 0.435 e. The van der Waals surface area contributed by atoms with E-state index in [-0.39, 0.29) is 5.97 Å². The Balaban J connectivity index is 3.29. The molecule has 0 amide bonds. The van der Waals surface area contributed by atoms with Gasteiger partial charge >= 0.3 is 5.97 Å². The Morgan fingerprint density at radius 3 is 2.37 bits per heavy atom. The van der Waals surface area contributed by atoms with Crippen LogP contribution in [0.2, 0.25) is 0 Å². The lowest BCUT2D eigenvalue weighted by molar-refractivity contribution is -0.138. The van der Waals surface area contributed by atoms with Gasteiger partial charge in [0.05, 0.1) is 6.26 Å². The fourth-order valence-electron chi connectivity index (χ4n) is 1.74. The van der Waals surface area contributed by atoms with Crippen LogP contribution in [0.5, 0.6) is 0 Å². The van der Waals surface area contributed by atoms with Crippen LogP contribution in [0.1, 0.15) is 78.1 Å². The maximum Gasteiger partial charge on any atom is 0.310 e. The SMILES string of the molecule is CC/C=C/CCCCCCC(=O)O/C=C/CCCC. The third kappa shape index (κ3) is 14.9. The van der Waals surface area contributed by atoms with Crippen molar-refractivity contribution in [3.05, 3.63) is 24.5 Å². The van der Waals surface area contributed by atoms with E-state index < -0.39 is 0 Å². The number of rotatable bonds is 12. The molecule has 2 nitrogen and oxygen atoms in total. The third-order valence-electron chi connectivity index (χ3n) is 2.92. The number of ether oxygens (including phenoxy) is 1. The Morgan fingerprint density at radius 1 is 0.895 bits per heavy atom. The number of hydrogen-bond donors (Lipinski definition) is 0. The van der Waals surface area contributed by atoms with Gasteiger partial charge in [-0.25, -0.2) is 0 Å². The maximum absolute atomic E-state index is 11.4.